The maximum atomic E-state index is 12.0. The second kappa shape index (κ2) is 13.5. The highest BCUT2D eigenvalue weighted by Gasteiger charge is 2.55. The summed E-state index contributed by atoms with van der Waals surface area (Å²) in [5, 5.41) is 11.7. The Morgan fingerprint density at radius 3 is 1.86 bits per heavy atom. The van der Waals surface area contributed by atoms with Gasteiger partial charge in [-0.25, -0.2) is 0 Å². The minimum atomic E-state index is -1.97. The number of rotatable bonds is 11. The molecule has 1 aliphatic heterocycles. The molecule has 206 valence electrons. The SMILES string of the molecule is CO[C@H]1O[C@H](C)[C@@](O)([C@H](C[C@H](OC(C)=O)[C@H](OC(C)=O)[C@@H](C)OC(C)=O)OC(C)=O)C[C@H]1OC(C)=O. The second-order valence-corrected chi connectivity index (χ2v) is 8.60. The zero-order chi connectivity index (χ0) is 27.8. The Labute approximate surface area is 209 Å². The van der Waals surface area contributed by atoms with Gasteiger partial charge in [0.05, 0.1) is 6.10 Å². The molecule has 1 saturated heterocycles. The lowest BCUT2D eigenvalue weighted by molar-refractivity contribution is -0.303. The summed E-state index contributed by atoms with van der Waals surface area (Å²) in [6, 6.07) is 0. The molecule has 0 aliphatic carbocycles. The molecule has 0 amide bonds. The van der Waals surface area contributed by atoms with Gasteiger partial charge in [-0.3, -0.25) is 24.0 Å². The van der Waals surface area contributed by atoms with E-state index in [1.165, 1.54) is 27.9 Å². The van der Waals surface area contributed by atoms with Gasteiger partial charge in [0.25, 0.3) is 0 Å². The first kappa shape index (κ1) is 31.3. The fourth-order valence-electron chi connectivity index (χ4n) is 4.12. The van der Waals surface area contributed by atoms with Crippen molar-refractivity contribution in [1.82, 2.24) is 0 Å². The summed E-state index contributed by atoms with van der Waals surface area (Å²) in [6.07, 6.45) is -8.88. The molecule has 13 nitrogen and oxygen atoms in total. The van der Waals surface area contributed by atoms with Crippen LogP contribution in [0.15, 0.2) is 0 Å². The molecule has 0 saturated carbocycles. The van der Waals surface area contributed by atoms with Crippen LogP contribution >= 0.6 is 0 Å². The fourth-order valence-corrected chi connectivity index (χ4v) is 4.12. The molecule has 0 radical (unpaired) electrons. The summed E-state index contributed by atoms with van der Waals surface area (Å²) >= 11 is 0. The summed E-state index contributed by atoms with van der Waals surface area (Å²) in [4.78, 5) is 58.9. The van der Waals surface area contributed by atoms with Gasteiger partial charge in [0.15, 0.2) is 18.5 Å². The fraction of sp³-hybridized carbons (Fsp3) is 0.783. The van der Waals surface area contributed by atoms with Gasteiger partial charge in [0.2, 0.25) is 0 Å². The molecule has 0 aromatic carbocycles. The van der Waals surface area contributed by atoms with E-state index < -0.39 is 84.8 Å². The largest absolute Gasteiger partial charge is 0.459 e. The van der Waals surface area contributed by atoms with Crippen molar-refractivity contribution in [2.45, 2.75) is 110 Å². The Balaban J connectivity index is 3.46. The molecule has 1 N–H and O–H groups in total. The molecule has 0 unspecified atom stereocenters. The molecular formula is C23H36O13. The minimum absolute atomic E-state index is 0.269. The van der Waals surface area contributed by atoms with E-state index >= 15 is 0 Å². The first-order valence-electron chi connectivity index (χ1n) is 11.4. The van der Waals surface area contributed by atoms with E-state index in [9.17, 15) is 29.1 Å². The van der Waals surface area contributed by atoms with Gasteiger partial charge in [0.1, 0.15) is 23.9 Å². The number of carbonyl (C=O) groups excluding carboxylic acids is 5. The third kappa shape index (κ3) is 9.03. The van der Waals surface area contributed by atoms with E-state index in [1.807, 2.05) is 0 Å². The number of carbonyl (C=O) groups is 5. The predicted molar refractivity (Wildman–Crippen MR) is 119 cm³/mol. The highest BCUT2D eigenvalue weighted by molar-refractivity contribution is 5.68. The van der Waals surface area contributed by atoms with Crippen LogP contribution in [-0.4, -0.2) is 90.6 Å². The zero-order valence-corrected chi connectivity index (χ0v) is 21.8. The number of hydrogen-bond donors (Lipinski definition) is 1. The molecule has 1 aliphatic rings. The minimum Gasteiger partial charge on any atom is -0.459 e. The average Bonchev–Trinajstić information content (AvgIpc) is 2.71. The van der Waals surface area contributed by atoms with Crippen LogP contribution in [0.25, 0.3) is 0 Å². The maximum Gasteiger partial charge on any atom is 0.303 e. The Bertz CT molecular complexity index is 812. The van der Waals surface area contributed by atoms with Gasteiger partial charge < -0.3 is 38.3 Å². The van der Waals surface area contributed by atoms with Gasteiger partial charge >= 0.3 is 29.8 Å². The summed E-state index contributed by atoms with van der Waals surface area (Å²) in [5.74, 6) is -3.65. The Morgan fingerprint density at radius 1 is 0.889 bits per heavy atom. The number of hydrogen-bond acceptors (Lipinski definition) is 13. The summed E-state index contributed by atoms with van der Waals surface area (Å²) < 4.78 is 37.4. The molecule has 8 atom stereocenters. The summed E-state index contributed by atoms with van der Waals surface area (Å²) in [5.41, 5.74) is -1.97. The van der Waals surface area contributed by atoms with Crippen LogP contribution in [0.5, 0.6) is 0 Å². The van der Waals surface area contributed by atoms with Crippen LogP contribution in [0, 0.1) is 0 Å². The van der Waals surface area contributed by atoms with Gasteiger partial charge in [-0.05, 0) is 13.8 Å². The number of esters is 5. The smallest absolute Gasteiger partial charge is 0.303 e. The van der Waals surface area contributed by atoms with Crippen molar-refractivity contribution in [1.29, 1.82) is 0 Å². The molecule has 36 heavy (non-hydrogen) atoms. The monoisotopic (exact) mass is 520 g/mol. The van der Waals surface area contributed by atoms with Crippen LogP contribution in [0.1, 0.15) is 61.3 Å². The molecule has 1 fully saturated rings. The van der Waals surface area contributed by atoms with Crippen LogP contribution in [0.4, 0.5) is 0 Å². The van der Waals surface area contributed by atoms with Crippen molar-refractivity contribution in [3.63, 3.8) is 0 Å². The second-order valence-electron chi connectivity index (χ2n) is 8.60. The quantitative estimate of drug-likeness (QED) is 0.296. The highest BCUT2D eigenvalue weighted by atomic mass is 16.7. The number of aliphatic hydroxyl groups is 1. The van der Waals surface area contributed by atoms with E-state index in [4.69, 9.17) is 33.2 Å². The number of ether oxygens (including phenoxy) is 7. The molecule has 1 heterocycles. The van der Waals surface area contributed by atoms with Crippen molar-refractivity contribution in [3.05, 3.63) is 0 Å². The molecular weight excluding hydrogens is 484 g/mol. The first-order valence-corrected chi connectivity index (χ1v) is 11.4. The Hall–Kier alpha value is -2.77. The molecule has 0 aromatic rings. The van der Waals surface area contributed by atoms with Crippen LogP contribution in [0.3, 0.4) is 0 Å². The third-order valence-electron chi connectivity index (χ3n) is 5.54. The maximum absolute atomic E-state index is 12.0. The number of methoxy groups -OCH3 is 1. The lowest BCUT2D eigenvalue weighted by Gasteiger charge is -2.48. The van der Waals surface area contributed by atoms with Crippen LogP contribution in [0.2, 0.25) is 0 Å². The molecule has 1 rings (SSSR count). The first-order chi connectivity index (χ1) is 16.6. The van der Waals surface area contributed by atoms with Gasteiger partial charge in [0, 0.05) is 54.6 Å². The third-order valence-corrected chi connectivity index (χ3v) is 5.54. The average molecular weight is 521 g/mol. The van der Waals surface area contributed by atoms with E-state index in [2.05, 4.69) is 0 Å². The van der Waals surface area contributed by atoms with Crippen molar-refractivity contribution < 1.29 is 62.2 Å². The normalized spacial score (nSPS) is 27.0. The van der Waals surface area contributed by atoms with E-state index in [1.54, 1.807) is 0 Å². The topological polar surface area (TPSA) is 170 Å². The molecule has 0 aromatic heterocycles. The van der Waals surface area contributed by atoms with Crippen molar-refractivity contribution in [3.8, 4) is 0 Å². The molecule has 0 spiro atoms. The predicted octanol–water partition coefficient (Wildman–Crippen LogP) is 0.567. The molecule has 13 heteroatoms. The van der Waals surface area contributed by atoms with Crippen molar-refractivity contribution >= 4 is 29.8 Å². The Kier molecular flexibility index (Phi) is 11.7. The summed E-state index contributed by atoms with van der Waals surface area (Å²) in [6.45, 7) is 8.57. The van der Waals surface area contributed by atoms with Crippen molar-refractivity contribution in [2.24, 2.45) is 0 Å². The van der Waals surface area contributed by atoms with E-state index in [0.29, 0.717) is 0 Å². The standard InChI is InChI=1S/C23H36O13/c1-11(31-13(3)24)21(36-17(7)28)18(33-14(4)25)9-20(35-16(6)27)23(29)10-19(34-15(5)26)22(30-8)32-12(23)2/h11-12,18-22,29H,9-10H2,1-8H3/t11-,12-,18+,19-,20+,21-,22+,23-/m1/s1. The van der Waals surface area contributed by atoms with Gasteiger partial charge in [-0.15, -0.1) is 0 Å². The van der Waals surface area contributed by atoms with Gasteiger partial charge in [-0.2, -0.15) is 0 Å². The summed E-state index contributed by atoms with van der Waals surface area (Å²) in [7, 11) is 1.33. The zero-order valence-electron chi connectivity index (χ0n) is 21.8. The van der Waals surface area contributed by atoms with E-state index in [-0.39, 0.29) is 6.42 Å². The van der Waals surface area contributed by atoms with Crippen LogP contribution < -0.4 is 0 Å². The Morgan fingerprint density at radius 2 is 1.42 bits per heavy atom. The lowest BCUT2D eigenvalue weighted by Crippen LogP contribution is -2.63. The van der Waals surface area contributed by atoms with Crippen molar-refractivity contribution in [2.75, 3.05) is 7.11 Å². The van der Waals surface area contributed by atoms with Crippen LogP contribution in [-0.2, 0) is 57.1 Å². The highest BCUT2D eigenvalue weighted by Crippen LogP contribution is 2.38. The molecule has 0 bridgehead atoms. The lowest BCUT2D eigenvalue weighted by atomic mass is 9.79. The van der Waals surface area contributed by atoms with E-state index in [0.717, 1.165) is 27.7 Å². The van der Waals surface area contributed by atoms with Gasteiger partial charge in [-0.1, -0.05) is 0 Å².